The Kier molecular flexibility index (Phi) is 62.8. The van der Waals surface area contributed by atoms with Crippen LogP contribution in [0.1, 0.15) is 303 Å². The first-order valence-electron chi connectivity index (χ1n) is 33.0. The normalized spacial score (nSPS) is 12.9. The van der Waals surface area contributed by atoms with E-state index in [0.29, 0.717) is 19.3 Å². The lowest BCUT2D eigenvalue weighted by Crippen LogP contribution is -2.30. The second-order valence-corrected chi connectivity index (χ2v) is 21.6. The quantitative estimate of drug-likeness (QED) is 0.0261. The summed E-state index contributed by atoms with van der Waals surface area (Å²) in [5.41, 5.74) is 0. The second kappa shape index (κ2) is 66.3. The highest BCUT2D eigenvalue weighted by atomic mass is 16.6. The van der Waals surface area contributed by atoms with Crippen LogP contribution >= 0.6 is 0 Å². The number of esters is 3. The van der Waals surface area contributed by atoms with Crippen molar-refractivity contribution in [3.05, 3.63) is 122 Å². The number of ether oxygens (including phenoxy) is 3. The molecule has 450 valence electrons. The number of rotatable bonds is 59. The standard InChI is InChI=1S/C73H122O6/c1-4-7-10-13-16-19-22-24-26-28-30-32-33-34-35-36-37-38-39-41-42-44-46-48-51-54-57-60-63-66-72(75)78-69-70(68-77-71(74)65-62-59-56-53-50-21-18-15-12-9-6-3)79-73(76)67-64-61-58-55-52-49-47-45-43-40-31-29-27-25-23-20-17-14-11-8-5-2/h7-8,10-11,16-17,19-20,24-27,30-32,34-35,37-38,40,70H,4-6,9,12-15,18,21-23,28-29,33,36,39,41-69H2,1-3H3/b10-7-,11-8-,19-16-,20-17-,26-24-,27-25-,32-30-,35-34-,38-37-,40-31-. The van der Waals surface area contributed by atoms with Gasteiger partial charge in [0.05, 0.1) is 0 Å². The van der Waals surface area contributed by atoms with Gasteiger partial charge in [-0.25, -0.2) is 0 Å². The zero-order chi connectivity index (χ0) is 57.1. The van der Waals surface area contributed by atoms with Crippen LogP contribution in [0.4, 0.5) is 0 Å². The Labute approximate surface area is 488 Å². The third kappa shape index (κ3) is 64.5. The maximum absolute atomic E-state index is 12.9. The maximum Gasteiger partial charge on any atom is 0.306 e. The van der Waals surface area contributed by atoms with Crippen LogP contribution in [0.25, 0.3) is 0 Å². The van der Waals surface area contributed by atoms with Crippen LogP contribution in [0.3, 0.4) is 0 Å². The van der Waals surface area contributed by atoms with E-state index in [1.165, 1.54) is 135 Å². The van der Waals surface area contributed by atoms with Gasteiger partial charge in [0.1, 0.15) is 13.2 Å². The van der Waals surface area contributed by atoms with E-state index in [1.807, 2.05) is 0 Å². The SMILES string of the molecule is CC/C=C\C/C=C\C/C=C\C/C=C\C/C=C\C/C=C\CCCCCCCCCCCCC(=O)OCC(COC(=O)CCCCCCCCCCCCC)OC(=O)CCCCCCCCCC/C=C\C/C=C\C/C=C\C/C=C\CC. The first-order chi connectivity index (χ1) is 39.0. The third-order valence-electron chi connectivity index (χ3n) is 14.0. The molecule has 0 aromatic carbocycles. The molecule has 6 heteroatoms. The van der Waals surface area contributed by atoms with Gasteiger partial charge in [-0.1, -0.05) is 296 Å². The number of unbranched alkanes of at least 4 members (excludes halogenated alkanes) is 28. The Hall–Kier alpha value is -4.19. The average molecular weight is 1100 g/mol. The smallest absolute Gasteiger partial charge is 0.306 e. The molecule has 0 aliphatic rings. The molecule has 6 nitrogen and oxygen atoms in total. The van der Waals surface area contributed by atoms with Gasteiger partial charge in [-0.15, -0.1) is 0 Å². The lowest BCUT2D eigenvalue weighted by molar-refractivity contribution is -0.167. The van der Waals surface area contributed by atoms with Crippen molar-refractivity contribution in [2.45, 2.75) is 309 Å². The Morgan fingerprint density at radius 1 is 0.266 bits per heavy atom. The Bertz CT molecular complexity index is 1640. The molecular weight excluding hydrogens is 973 g/mol. The summed E-state index contributed by atoms with van der Waals surface area (Å²) in [5.74, 6) is -0.888. The molecule has 0 radical (unpaired) electrons. The van der Waals surface area contributed by atoms with Crippen LogP contribution in [0.5, 0.6) is 0 Å². The van der Waals surface area contributed by atoms with Crippen LogP contribution in [-0.2, 0) is 28.6 Å². The molecule has 1 unspecified atom stereocenters. The van der Waals surface area contributed by atoms with E-state index in [0.717, 1.165) is 128 Å². The number of carbonyl (C=O) groups is 3. The van der Waals surface area contributed by atoms with E-state index in [1.54, 1.807) is 0 Å². The van der Waals surface area contributed by atoms with E-state index in [9.17, 15) is 14.4 Å². The van der Waals surface area contributed by atoms with Gasteiger partial charge in [0.15, 0.2) is 6.10 Å². The summed E-state index contributed by atoms with van der Waals surface area (Å²) in [6.45, 7) is 6.42. The fraction of sp³-hybridized carbons (Fsp3) is 0.685. The third-order valence-corrected chi connectivity index (χ3v) is 14.0. The summed E-state index contributed by atoms with van der Waals surface area (Å²) in [7, 11) is 0. The van der Waals surface area contributed by atoms with Crippen LogP contribution in [0.15, 0.2) is 122 Å². The van der Waals surface area contributed by atoms with Gasteiger partial charge in [-0.3, -0.25) is 14.4 Å². The largest absolute Gasteiger partial charge is 0.462 e. The molecule has 0 amide bonds. The van der Waals surface area contributed by atoms with Crippen molar-refractivity contribution in [3.8, 4) is 0 Å². The van der Waals surface area contributed by atoms with Crippen molar-refractivity contribution in [1.29, 1.82) is 0 Å². The van der Waals surface area contributed by atoms with Gasteiger partial charge in [0.25, 0.3) is 0 Å². The van der Waals surface area contributed by atoms with Crippen molar-refractivity contribution in [3.63, 3.8) is 0 Å². The molecular formula is C73H122O6. The molecule has 0 spiro atoms. The maximum atomic E-state index is 12.9. The fourth-order valence-corrected chi connectivity index (χ4v) is 9.09. The Morgan fingerprint density at radius 3 is 0.772 bits per heavy atom. The minimum atomic E-state index is -0.786. The van der Waals surface area contributed by atoms with Gasteiger partial charge in [-0.2, -0.15) is 0 Å². The molecule has 0 rings (SSSR count). The van der Waals surface area contributed by atoms with Gasteiger partial charge in [0.2, 0.25) is 0 Å². The summed E-state index contributed by atoms with van der Waals surface area (Å²) < 4.78 is 16.9. The molecule has 1 atom stereocenters. The molecule has 0 bridgehead atoms. The highest BCUT2D eigenvalue weighted by molar-refractivity contribution is 5.71. The van der Waals surface area contributed by atoms with Crippen molar-refractivity contribution in [2.75, 3.05) is 13.2 Å². The molecule has 0 heterocycles. The first-order valence-corrected chi connectivity index (χ1v) is 33.0. The first kappa shape index (κ1) is 74.8. The van der Waals surface area contributed by atoms with Crippen LogP contribution in [0, 0.1) is 0 Å². The molecule has 0 N–H and O–H groups in total. The zero-order valence-electron chi connectivity index (χ0n) is 51.6. The van der Waals surface area contributed by atoms with Crippen LogP contribution in [0.2, 0.25) is 0 Å². The Morgan fingerprint density at radius 2 is 0.494 bits per heavy atom. The second-order valence-electron chi connectivity index (χ2n) is 21.6. The number of hydrogen-bond acceptors (Lipinski definition) is 6. The minimum absolute atomic E-state index is 0.0817. The molecule has 0 fully saturated rings. The van der Waals surface area contributed by atoms with Gasteiger partial charge in [0, 0.05) is 19.3 Å². The number of allylic oxidation sites excluding steroid dienone is 20. The fourth-order valence-electron chi connectivity index (χ4n) is 9.09. The Balaban J connectivity index is 4.28. The van der Waals surface area contributed by atoms with E-state index in [4.69, 9.17) is 14.2 Å². The minimum Gasteiger partial charge on any atom is -0.462 e. The van der Waals surface area contributed by atoms with Crippen molar-refractivity contribution < 1.29 is 28.6 Å². The molecule has 0 aliphatic heterocycles. The number of hydrogen-bond donors (Lipinski definition) is 0. The predicted octanol–water partition coefficient (Wildman–Crippen LogP) is 22.8. The van der Waals surface area contributed by atoms with Crippen molar-refractivity contribution >= 4 is 17.9 Å². The van der Waals surface area contributed by atoms with E-state index in [2.05, 4.69) is 142 Å². The van der Waals surface area contributed by atoms with E-state index < -0.39 is 6.10 Å². The predicted molar refractivity (Wildman–Crippen MR) is 343 cm³/mol. The molecule has 0 saturated heterocycles. The molecule has 0 aliphatic carbocycles. The molecule has 0 aromatic heterocycles. The molecule has 79 heavy (non-hydrogen) atoms. The van der Waals surface area contributed by atoms with Crippen LogP contribution in [-0.4, -0.2) is 37.2 Å². The summed E-state index contributed by atoms with van der Waals surface area (Å²) in [4.78, 5) is 38.3. The molecule has 0 aromatic rings. The van der Waals surface area contributed by atoms with E-state index >= 15 is 0 Å². The summed E-state index contributed by atoms with van der Waals surface area (Å²) in [6, 6.07) is 0. The average Bonchev–Trinajstić information content (AvgIpc) is 3.45. The van der Waals surface area contributed by atoms with E-state index in [-0.39, 0.29) is 31.1 Å². The van der Waals surface area contributed by atoms with Gasteiger partial charge in [-0.05, 0) is 109 Å². The lowest BCUT2D eigenvalue weighted by atomic mass is 10.1. The van der Waals surface area contributed by atoms with Gasteiger partial charge < -0.3 is 14.2 Å². The highest BCUT2D eigenvalue weighted by Crippen LogP contribution is 2.16. The molecule has 0 saturated carbocycles. The zero-order valence-corrected chi connectivity index (χ0v) is 51.6. The van der Waals surface area contributed by atoms with Gasteiger partial charge >= 0.3 is 17.9 Å². The highest BCUT2D eigenvalue weighted by Gasteiger charge is 2.19. The van der Waals surface area contributed by atoms with Crippen LogP contribution < -0.4 is 0 Å². The summed E-state index contributed by atoms with van der Waals surface area (Å²) >= 11 is 0. The topological polar surface area (TPSA) is 78.9 Å². The van der Waals surface area contributed by atoms with Crippen molar-refractivity contribution in [2.24, 2.45) is 0 Å². The summed E-state index contributed by atoms with van der Waals surface area (Å²) in [5, 5.41) is 0. The van der Waals surface area contributed by atoms with Crippen molar-refractivity contribution in [1.82, 2.24) is 0 Å². The number of carbonyl (C=O) groups excluding carboxylic acids is 3. The monoisotopic (exact) mass is 1090 g/mol. The lowest BCUT2D eigenvalue weighted by Gasteiger charge is -2.18. The summed E-state index contributed by atoms with van der Waals surface area (Å²) in [6.07, 6.45) is 92.1.